The van der Waals surface area contributed by atoms with Crippen molar-refractivity contribution in [3.63, 3.8) is 0 Å². The third-order valence-electron chi connectivity index (χ3n) is 2.49. The normalized spacial score (nSPS) is 10.2. The zero-order chi connectivity index (χ0) is 15.1. The second-order valence-corrected chi connectivity index (χ2v) is 4.23. The van der Waals surface area contributed by atoms with Crippen LogP contribution >= 0.6 is 0 Å². The average molecular weight is 289 g/mol. The predicted octanol–water partition coefficient (Wildman–Crippen LogP) is 2.38. The minimum Gasteiger partial charge on any atom is -0.494 e. The molecule has 0 fully saturated rings. The van der Waals surface area contributed by atoms with E-state index in [-0.39, 0.29) is 12.0 Å². The molecule has 0 aliphatic carbocycles. The summed E-state index contributed by atoms with van der Waals surface area (Å²) >= 11 is 0. The van der Waals surface area contributed by atoms with Gasteiger partial charge >= 0.3 is 6.01 Å². The minimum absolute atomic E-state index is 0.115. The largest absolute Gasteiger partial charge is 0.494 e. The number of nitrogen functional groups attached to an aromatic ring is 1. The van der Waals surface area contributed by atoms with E-state index in [1.165, 1.54) is 0 Å². The first-order chi connectivity index (χ1) is 10.2. The Morgan fingerprint density at radius 2 is 1.81 bits per heavy atom. The summed E-state index contributed by atoms with van der Waals surface area (Å²) in [6.07, 6.45) is 0.868. The number of benzene rings is 1. The third-order valence-corrected chi connectivity index (χ3v) is 2.49. The molecule has 21 heavy (non-hydrogen) atoms. The van der Waals surface area contributed by atoms with Crippen LogP contribution in [0.1, 0.15) is 20.3 Å². The molecular formula is C14H19N5O2. The molecule has 0 radical (unpaired) electrons. The number of hydrogen-bond acceptors (Lipinski definition) is 7. The van der Waals surface area contributed by atoms with E-state index in [1.54, 1.807) is 0 Å². The van der Waals surface area contributed by atoms with Gasteiger partial charge in [-0.2, -0.15) is 15.0 Å². The Morgan fingerprint density at radius 1 is 1.05 bits per heavy atom. The monoisotopic (exact) mass is 289 g/mol. The van der Waals surface area contributed by atoms with Crippen LogP contribution in [0.2, 0.25) is 0 Å². The molecule has 0 saturated heterocycles. The standard InChI is InChI=1S/C14H19N5O2/c1-3-9-21-14-18-12(15)17-13(19-14)16-10-5-7-11(8-6-10)20-4-2/h5-8H,3-4,9H2,1-2H3,(H3,15,16,17,18,19). The van der Waals surface area contributed by atoms with Crippen molar-refractivity contribution in [1.82, 2.24) is 15.0 Å². The van der Waals surface area contributed by atoms with Crippen molar-refractivity contribution < 1.29 is 9.47 Å². The maximum absolute atomic E-state index is 5.65. The minimum atomic E-state index is 0.115. The second-order valence-electron chi connectivity index (χ2n) is 4.23. The van der Waals surface area contributed by atoms with Gasteiger partial charge < -0.3 is 20.5 Å². The van der Waals surface area contributed by atoms with Crippen LogP contribution in [0, 0.1) is 0 Å². The molecule has 2 aromatic rings. The molecule has 3 N–H and O–H groups in total. The van der Waals surface area contributed by atoms with E-state index in [0.29, 0.717) is 19.2 Å². The Bertz CT molecular complexity index is 574. The highest BCUT2D eigenvalue weighted by molar-refractivity contribution is 5.55. The number of nitrogens with zero attached hydrogens (tertiary/aromatic N) is 3. The highest BCUT2D eigenvalue weighted by Crippen LogP contribution is 2.19. The van der Waals surface area contributed by atoms with Crippen LogP contribution in [0.5, 0.6) is 11.8 Å². The number of nitrogens with one attached hydrogen (secondary N) is 1. The first-order valence-electron chi connectivity index (χ1n) is 6.85. The fourth-order valence-corrected chi connectivity index (χ4v) is 1.62. The van der Waals surface area contributed by atoms with Crippen molar-refractivity contribution >= 4 is 17.6 Å². The van der Waals surface area contributed by atoms with Crippen molar-refractivity contribution in [2.75, 3.05) is 24.3 Å². The lowest BCUT2D eigenvalue weighted by molar-refractivity contribution is 0.292. The van der Waals surface area contributed by atoms with Crippen molar-refractivity contribution in [3.05, 3.63) is 24.3 Å². The summed E-state index contributed by atoms with van der Waals surface area (Å²) < 4.78 is 10.7. The number of nitrogens with two attached hydrogens (primary N) is 1. The van der Waals surface area contributed by atoms with Gasteiger partial charge in [-0.15, -0.1) is 0 Å². The summed E-state index contributed by atoms with van der Waals surface area (Å²) in [5.74, 6) is 1.27. The van der Waals surface area contributed by atoms with Gasteiger partial charge in [0.15, 0.2) is 0 Å². The average Bonchev–Trinajstić information content (AvgIpc) is 2.47. The maximum atomic E-state index is 5.65. The zero-order valence-corrected chi connectivity index (χ0v) is 12.2. The van der Waals surface area contributed by atoms with E-state index >= 15 is 0 Å². The second kappa shape index (κ2) is 7.28. The molecule has 112 valence electrons. The maximum Gasteiger partial charge on any atom is 0.323 e. The summed E-state index contributed by atoms with van der Waals surface area (Å²) in [5, 5.41) is 3.05. The molecule has 1 aromatic heterocycles. The van der Waals surface area contributed by atoms with Gasteiger partial charge in [0.25, 0.3) is 0 Å². The van der Waals surface area contributed by atoms with E-state index in [4.69, 9.17) is 15.2 Å². The molecule has 2 rings (SSSR count). The molecule has 0 atom stereocenters. The molecule has 0 amide bonds. The van der Waals surface area contributed by atoms with Crippen LogP contribution in [0.3, 0.4) is 0 Å². The first-order valence-corrected chi connectivity index (χ1v) is 6.85. The number of aromatic nitrogens is 3. The SMILES string of the molecule is CCCOc1nc(N)nc(Nc2ccc(OCC)cc2)n1. The Kier molecular flexibility index (Phi) is 5.14. The van der Waals surface area contributed by atoms with Crippen molar-refractivity contribution in [1.29, 1.82) is 0 Å². The van der Waals surface area contributed by atoms with Gasteiger partial charge in [-0.05, 0) is 37.6 Å². The third kappa shape index (κ3) is 4.48. The van der Waals surface area contributed by atoms with Gasteiger partial charge in [0.1, 0.15) is 5.75 Å². The van der Waals surface area contributed by atoms with Gasteiger partial charge in [-0.25, -0.2) is 0 Å². The Morgan fingerprint density at radius 3 is 2.48 bits per heavy atom. The van der Waals surface area contributed by atoms with Crippen LogP contribution in [0.15, 0.2) is 24.3 Å². The first kappa shape index (κ1) is 14.8. The molecule has 0 bridgehead atoms. The molecular weight excluding hydrogens is 270 g/mol. The highest BCUT2D eigenvalue weighted by atomic mass is 16.5. The smallest absolute Gasteiger partial charge is 0.323 e. The lowest BCUT2D eigenvalue weighted by Gasteiger charge is -2.08. The molecule has 0 saturated carbocycles. The fourth-order valence-electron chi connectivity index (χ4n) is 1.62. The molecule has 0 aliphatic rings. The van der Waals surface area contributed by atoms with Crippen LogP contribution in [-0.2, 0) is 0 Å². The molecule has 7 heteroatoms. The summed E-state index contributed by atoms with van der Waals surface area (Å²) in [5.41, 5.74) is 6.47. The molecule has 7 nitrogen and oxygen atoms in total. The van der Waals surface area contributed by atoms with E-state index in [0.717, 1.165) is 17.9 Å². The van der Waals surface area contributed by atoms with E-state index in [1.807, 2.05) is 38.1 Å². The Labute approximate surface area is 123 Å². The van der Waals surface area contributed by atoms with E-state index < -0.39 is 0 Å². The van der Waals surface area contributed by atoms with Gasteiger partial charge in [-0.3, -0.25) is 0 Å². The summed E-state index contributed by atoms with van der Waals surface area (Å²) in [6.45, 7) is 5.11. The highest BCUT2D eigenvalue weighted by Gasteiger charge is 2.06. The van der Waals surface area contributed by atoms with Gasteiger partial charge in [-0.1, -0.05) is 6.92 Å². The van der Waals surface area contributed by atoms with E-state index in [2.05, 4.69) is 20.3 Å². The van der Waals surface area contributed by atoms with Crippen molar-refractivity contribution in [2.24, 2.45) is 0 Å². The lowest BCUT2D eigenvalue weighted by atomic mass is 10.3. The molecule has 1 aromatic carbocycles. The number of ether oxygens (including phenoxy) is 2. The fraction of sp³-hybridized carbons (Fsp3) is 0.357. The summed E-state index contributed by atoms with van der Waals surface area (Å²) in [7, 11) is 0. The molecule has 0 spiro atoms. The van der Waals surface area contributed by atoms with Gasteiger partial charge in [0.2, 0.25) is 11.9 Å². The molecule has 0 unspecified atom stereocenters. The van der Waals surface area contributed by atoms with Crippen LogP contribution in [0.25, 0.3) is 0 Å². The van der Waals surface area contributed by atoms with Crippen LogP contribution in [0.4, 0.5) is 17.6 Å². The molecule has 0 aliphatic heterocycles. The predicted molar refractivity (Wildman–Crippen MR) is 80.9 cm³/mol. The number of anilines is 3. The van der Waals surface area contributed by atoms with Crippen molar-refractivity contribution in [2.45, 2.75) is 20.3 Å². The Balaban J connectivity index is 2.09. The van der Waals surface area contributed by atoms with Crippen molar-refractivity contribution in [3.8, 4) is 11.8 Å². The topological polar surface area (TPSA) is 95.2 Å². The van der Waals surface area contributed by atoms with Crippen LogP contribution < -0.4 is 20.5 Å². The van der Waals surface area contributed by atoms with Gasteiger partial charge in [0.05, 0.1) is 13.2 Å². The molecule has 1 heterocycles. The van der Waals surface area contributed by atoms with Crippen LogP contribution in [-0.4, -0.2) is 28.2 Å². The number of hydrogen-bond donors (Lipinski definition) is 2. The van der Waals surface area contributed by atoms with E-state index in [9.17, 15) is 0 Å². The zero-order valence-electron chi connectivity index (χ0n) is 12.2. The summed E-state index contributed by atoms with van der Waals surface area (Å²) in [6, 6.07) is 7.70. The summed E-state index contributed by atoms with van der Waals surface area (Å²) in [4.78, 5) is 12.1. The lowest BCUT2D eigenvalue weighted by Crippen LogP contribution is -2.07. The quantitative estimate of drug-likeness (QED) is 0.807. The number of rotatable bonds is 7. The van der Waals surface area contributed by atoms with Gasteiger partial charge in [0, 0.05) is 5.69 Å². The Hall–Kier alpha value is -2.57.